The van der Waals surface area contributed by atoms with E-state index in [4.69, 9.17) is 9.47 Å². The van der Waals surface area contributed by atoms with Gasteiger partial charge in [-0.05, 0) is 55.7 Å². The minimum atomic E-state index is -0.485. The highest BCUT2D eigenvalue weighted by molar-refractivity contribution is 5.67. The Hall–Kier alpha value is -1.71. The van der Waals surface area contributed by atoms with E-state index in [2.05, 4.69) is 52.1 Å². The Kier molecular flexibility index (Phi) is 6.92. The van der Waals surface area contributed by atoms with Crippen LogP contribution in [-0.2, 0) is 10.2 Å². The molecule has 4 heteroatoms. The Morgan fingerprint density at radius 3 is 2.00 bits per heavy atom. The zero-order valence-electron chi connectivity index (χ0n) is 17.2. The maximum Gasteiger partial charge on any atom is 0.407 e. The monoisotopic (exact) mass is 349 g/mol. The summed E-state index contributed by atoms with van der Waals surface area (Å²) in [5, 5.41) is 2.68. The molecule has 1 aromatic carbocycles. The summed E-state index contributed by atoms with van der Waals surface area (Å²) in [5.41, 5.74) is 1.23. The fourth-order valence-corrected chi connectivity index (χ4v) is 3.07. The molecule has 0 aromatic heterocycles. The average Bonchev–Trinajstić information content (AvgIpc) is 2.39. The predicted molar refractivity (Wildman–Crippen MR) is 103 cm³/mol. The van der Waals surface area contributed by atoms with E-state index in [0.29, 0.717) is 13.2 Å². The van der Waals surface area contributed by atoms with Crippen molar-refractivity contribution in [3.05, 3.63) is 29.8 Å². The molecule has 4 nitrogen and oxygen atoms in total. The summed E-state index contributed by atoms with van der Waals surface area (Å²) in [6.45, 7) is 17.7. The van der Waals surface area contributed by atoms with Crippen LogP contribution >= 0.6 is 0 Å². The van der Waals surface area contributed by atoms with Crippen molar-refractivity contribution in [2.75, 3.05) is 13.2 Å². The van der Waals surface area contributed by atoms with Crippen molar-refractivity contribution < 1.29 is 14.3 Å². The lowest BCUT2D eigenvalue weighted by Gasteiger charge is -2.33. The summed E-state index contributed by atoms with van der Waals surface area (Å²) >= 11 is 0. The van der Waals surface area contributed by atoms with Crippen LogP contribution in [0.3, 0.4) is 0 Å². The van der Waals surface area contributed by atoms with Gasteiger partial charge < -0.3 is 14.8 Å². The minimum Gasteiger partial charge on any atom is -0.492 e. The van der Waals surface area contributed by atoms with Crippen LogP contribution in [0.1, 0.15) is 67.4 Å². The molecule has 0 saturated heterocycles. The number of ether oxygens (including phenoxy) is 2. The molecule has 25 heavy (non-hydrogen) atoms. The van der Waals surface area contributed by atoms with E-state index in [1.165, 1.54) is 5.56 Å². The molecular formula is C21H35NO3. The number of rotatable bonds is 6. The minimum absolute atomic E-state index is 0.120. The number of hydrogen-bond donors (Lipinski definition) is 1. The van der Waals surface area contributed by atoms with Gasteiger partial charge in [0, 0.05) is 0 Å². The normalized spacial score (nSPS) is 12.6. The summed E-state index contributed by atoms with van der Waals surface area (Å²) in [5.74, 6) is 0.807. The Morgan fingerprint density at radius 2 is 1.52 bits per heavy atom. The van der Waals surface area contributed by atoms with Gasteiger partial charge in [0.05, 0.1) is 6.54 Å². The fraction of sp³-hybridized carbons (Fsp3) is 0.667. The van der Waals surface area contributed by atoms with Gasteiger partial charge in [-0.1, -0.05) is 46.8 Å². The Balaban J connectivity index is 2.46. The molecule has 0 fully saturated rings. The molecule has 0 radical (unpaired) electrons. The first kappa shape index (κ1) is 21.3. The maximum absolute atomic E-state index is 11.6. The largest absolute Gasteiger partial charge is 0.492 e. The van der Waals surface area contributed by atoms with Crippen molar-refractivity contribution in [2.45, 2.75) is 72.8 Å². The van der Waals surface area contributed by atoms with Gasteiger partial charge in [0.15, 0.2) is 0 Å². The second-order valence-electron chi connectivity index (χ2n) is 9.42. The molecule has 0 aliphatic rings. The van der Waals surface area contributed by atoms with Crippen molar-refractivity contribution in [1.29, 1.82) is 0 Å². The number of alkyl carbamates (subject to hydrolysis) is 1. The van der Waals surface area contributed by atoms with Gasteiger partial charge in [-0.2, -0.15) is 0 Å². The molecule has 0 aliphatic carbocycles. The van der Waals surface area contributed by atoms with Crippen LogP contribution < -0.4 is 10.1 Å². The molecule has 1 rings (SSSR count). The van der Waals surface area contributed by atoms with Crippen LogP contribution in [0.25, 0.3) is 0 Å². The molecule has 0 bridgehead atoms. The van der Waals surface area contributed by atoms with E-state index in [1.54, 1.807) is 0 Å². The molecule has 0 spiro atoms. The van der Waals surface area contributed by atoms with Crippen molar-refractivity contribution >= 4 is 6.09 Å². The fourth-order valence-electron chi connectivity index (χ4n) is 3.07. The molecule has 1 aromatic rings. The van der Waals surface area contributed by atoms with Gasteiger partial charge in [-0.25, -0.2) is 4.79 Å². The smallest absolute Gasteiger partial charge is 0.407 e. The van der Waals surface area contributed by atoms with Crippen LogP contribution in [0.5, 0.6) is 5.75 Å². The lowest BCUT2D eigenvalue weighted by atomic mass is 9.72. The van der Waals surface area contributed by atoms with E-state index < -0.39 is 11.7 Å². The molecule has 0 saturated carbocycles. The number of carbonyl (C=O) groups is 1. The summed E-state index contributed by atoms with van der Waals surface area (Å²) in [6.07, 6.45) is 0.690. The van der Waals surface area contributed by atoms with Gasteiger partial charge in [0.1, 0.15) is 18.0 Å². The number of carbonyl (C=O) groups excluding carboxylic acids is 1. The van der Waals surface area contributed by atoms with Crippen molar-refractivity contribution in [3.63, 3.8) is 0 Å². The highest BCUT2D eigenvalue weighted by Crippen LogP contribution is 2.36. The average molecular weight is 350 g/mol. The van der Waals surface area contributed by atoms with Crippen molar-refractivity contribution in [1.82, 2.24) is 5.32 Å². The lowest BCUT2D eigenvalue weighted by molar-refractivity contribution is 0.0520. The van der Waals surface area contributed by atoms with Gasteiger partial charge in [-0.3, -0.25) is 0 Å². The molecule has 1 N–H and O–H groups in total. The molecule has 1 amide bonds. The highest BCUT2D eigenvalue weighted by Gasteiger charge is 2.27. The SMILES string of the molecule is CC(C)(C)CC(C)(C)c1ccc(OCCNC(=O)OC(C)(C)C)cc1. The highest BCUT2D eigenvalue weighted by atomic mass is 16.6. The maximum atomic E-state index is 11.6. The van der Waals surface area contributed by atoms with Crippen LogP contribution in [0.2, 0.25) is 0 Å². The van der Waals surface area contributed by atoms with E-state index in [9.17, 15) is 4.79 Å². The van der Waals surface area contributed by atoms with Gasteiger partial charge in [0.25, 0.3) is 0 Å². The van der Waals surface area contributed by atoms with E-state index >= 15 is 0 Å². The third-order valence-electron chi connectivity index (χ3n) is 3.65. The Labute approximate surface area is 153 Å². The van der Waals surface area contributed by atoms with Crippen LogP contribution in [-0.4, -0.2) is 24.8 Å². The first-order valence-electron chi connectivity index (χ1n) is 8.99. The van der Waals surface area contributed by atoms with Crippen molar-refractivity contribution in [3.8, 4) is 5.75 Å². The lowest BCUT2D eigenvalue weighted by Crippen LogP contribution is -2.34. The van der Waals surface area contributed by atoms with Crippen molar-refractivity contribution in [2.24, 2.45) is 5.41 Å². The summed E-state index contributed by atoms with van der Waals surface area (Å²) in [7, 11) is 0. The van der Waals surface area contributed by atoms with Crippen LogP contribution in [0.4, 0.5) is 4.79 Å². The van der Waals surface area contributed by atoms with Crippen LogP contribution in [0, 0.1) is 5.41 Å². The number of hydrogen-bond acceptors (Lipinski definition) is 3. The second kappa shape index (κ2) is 8.11. The van der Waals surface area contributed by atoms with Gasteiger partial charge in [-0.15, -0.1) is 0 Å². The zero-order chi connectivity index (χ0) is 19.3. The van der Waals surface area contributed by atoms with E-state index in [0.717, 1.165) is 12.2 Å². The third-order valence-corrected chi connectivity index (χ3v) is 3.65. The standard InChI is InChI=1S/C21H35NO3/c1-19(2,3)15-21(7,8)16-9-11-17(12-10-16)24-14-13-22-18(23)25-20(4,5)6/h9-12H,13-15H2,1-8H3,(H,22,23). The Bertz CT molecular complexity index is 548. The van der Waals surface area contributed by atoms with E-state index in [1.807, 2.05) is 32.9 Å². The van der Waals surface area contributed by atoms with E-state index in [-0.39, 0.29) is 10.8 Å². The first-order chi connectivity index (χ1) is 11.3. The third kappa shape index (κ3) is 8.80. The van der Waals surface area contributed by atoms with Crippen LogP contribution in [0.15, 0.2) is 24.3 Å². The zero-order valence-corrected chi connectivity index (χ0v) is 17.2. The molecule has 0 aliphatic heterocycles. The quantitative estimate of drug-likeness (QED) is 0.709. The molecule has 0 unspecified atom stereocenters. The first-order valence-corrected chi connectivity index (χ1v) is 8.99. The number of nitrogens with one attached hydrogen (secondary N) is 1. The molecule has 0 heterocycles. The predicted octanol–water partition coefficient (Wildman–Crippen LogP) is 5.30. The molecule has 142 valence electrons. The van der Waals surface area contributed by atoms with Gasteiger partial charge >= 0.3 is 6.09 Å². The topological polar surface area (TPSA) is 47.6 Å². The summed E-state index contributed by atoms with van der Waals surface area (Å²) in [4.78, 5) is 11.6. The molecular weight excluding hydrogens is 314 g/mol. The van der Waals surface area contributed by atoms with Gasteiger partial charge in [0.2, 0.25) is 0 Å². The second-order valence-corrected chi connectivity index (χ2v) is 9.42. The summed E-state index contributed by atoms with van der Waals surface area (Å²) in [6, 6.07) is 8.24. The molecule has 0 atom stereocenters. The summed E-state index contributed by atoms with van der Waals surface area (Å²) < 4.78 is 10.9. The number of amides is 1. The Morgan fingerprint density at radius 1 is 0.960 bits per heavy atom. The number of benzene rings is 1.